The first-order valence-corrected chi connectivity index (χ1v) is 7.54. The standard InChI is InChI=1S/C16H24N2O3/c1-2-13-3-5-14(6-4-13)15(16(20)21)18-9-7-17(8-10-18)11-12-19/h3-6,15,19H,2,7-12H2,1H3,(H,20,21). The summed E-state index contributed by atoms with van der Waals surface area (Å²) in [6.07, 6.45) is 0.956. The smallest absolute Gasteiger partial charge is 0.325 e. The van der Waals surface area contributed by atoms with Crippen LogP contribution in [-0.4, -0.2) is 65.3 Å². The molecule has 1 fully saturated rings. The molecule has 2 rings (SSSR count). The van der Waals surface area contributed by atoms with Crippen LogP contribution < -0.4 is 0 Å². The fourth-order valence-corrected chi connectivity index (χ4v) is 2.83. The zero-order chi connectivity index (χ0) is 15.2. The van der Waals surface area contributed by atoms with Crippen molar-refractivity contribution in [2.24, 2.45) is 0 Å². The Morgan fingerprint density at radius 1 is 1.19 bits per heavy atom. The number of carbonyl (C=O) groups is 1. The first kappa shape index (κ1) is 15.9. The van der Waals surface area contributed by atoms with Gasteiger partial charge in [0.25, 0.3) is 0 Å². The van der Waals surface area contributed by atoms with Gasteiger partial charge in [-0.15, -0.1) is 0 Å². The minimum absolute atomic E-state index is 0.154. The number of hydrogen-bond donors (Lipinski definition) is 2. The van der Waals surface area contributed by atoms with E-state index < -0.39 is 12.0 Å². The van der Waals surface area contributed by atoms with Crippen LogP contribution in [0.3, 0.4) is 0 Å². The number of aliphatic hydroxyl groups is 1. The first-order chi connectivity index (χ1) is 10.2. The first-order valence-electron chi connectivity index (χ1n) is 7.54. The van der Waals surface area contributed by atoms with Crippen LogP contribution >= 0.6 is 0 Å². The van der Waals surface area contributed by atoms with Crippen molar-refractivity contribution in [3.63, 3.8) is 0 Å². The molecule has 21 heavy (non-hydrogen) atoms. The molecule has 0 bridgehead atoms. The highest BCUT2D eigenvalue weighted by atomic mass is 16.4. The Kier molecular flexibility index (Phi) is 5.73. The molecule has 5 heteroatoms. The summed E-state index contributed by atoms with van der Waals surface area (Å²) < 4.78 is 0. The lowest BCUT2D eigenvalue weighted by Crippen LogP contribution is -2.49. The summed E-state index contributed by atoms with van der Waals surface area (Å²) in [6.45, 7) is 5.94. The number of piperazine rings is 1. The predicted octanol–water partition coefficient (Wildman–Crippen LogP) is 0.985. The van der Waals surface area contributed by atoms with Gasteiger partial charge in [-0.1, -0.05) is 31.2 Å². The van der Waals surface area contributed by atoms with Gasteiger partial charge in [0, 0.05) is 32.7 Å². The minimum Gasteiger partial charge on any atom is -0.480 e. The van der Waals surface area contributed by atoms with E-state index in [9.17, 15) is 9.90 Å². The van der Waals surface area contributed by atoms with Crippen molar-refractivity contribution in [1.29, 1.82) is 0 Å². The largest absolute Gasteiger partial charge is 0.480 e. The molecule has 1 aliphatic heterocycles. The molecule has 0 aliphatic carbocycles. The van der Waals surface area contributed by atoms with E-state index in [1.165, 1.54) is 5.56 Å². The predicted molar refractivity (Wildman–Crippen MR) is 81.3 cm³/mol. The zero-order valence-electron chi connectivity index (χ0n) is 12.5. The average Bonchev–Trinajstić information content (AvgIpc) is 2.50. The molecule has 1 unspecified atom stereocenters. The molecule has 0 saturated carbocycles. The quantitative estimate of drug-likeness (QED) is 0.818. The van der Waals surface area contributed by atoms with E-state index in [-0.39, 0.29) is 6.61 Å². The van der Waals surface area contributed by atoms with E-state index in [1.807, 2.05) is 29.2 Å². The van der Waals surface area contributed by atoms with Crippen molar-refractivity contribution in [3.8, 4) is 0 Å². The average molecular weight is 292 g/mol. The number of aliphatic carboxylic acids is 1. The SMILES string of the molecule is CCc1ccc(C(C(=O)O)N2CCN(CCO)CC2)cc1. The molecule has 1 atom stereocenters. The Bertz CT molecular complexity index is 453. The molecular weight excluding hydrogens is 268 g/mol. The van der Waals surface area contributed by atoms with Crippen LogP contribution in [-0.2, 0) is 11.2 Å². The van der Waals surface area contributed by atoms with Gasteiger partial charge < -0.3 is 10.2 Å². The molecule has 5 nitrogen and oxygen atoms in total. The second-order valence-corrected chi connectivity index (χ2v) is 5.44. The highest BCUT2D eigenvalue weighted by Crippen LogP contribution is 2.23. The van der Waals surface area contributed by atoms with Crippen molar-refractivity contribution in [2.45, 2.75) is 19.4 Å². The normalized spacial score (nSPS) is 18.6. The molecule has 0 aromatic heterocycles. The molecule has 1 aliphatic rings. The fourth-order valence-electron chi connectivity index (χ4n) is 2.83. The number of carboxylic acid groups (broad SMARTS) is 1. The van der Waals surface area contributed by atoms with Gasteiger partial charge in [-0.2, -0.15) is 0 Å². The van der Waals surface area contributed by atoms with Gasteiger partial charge in [0.2, 0.25) is 0 Å². The third kappa shape index (κ3) is 4.03. The summed E-state index contributed by atoms with van der Waals surface area (Å²) in [5.74, 6) is -0.796. The second-order valence-electron chi connectivity index (χ2n) is 5.44. The zero-order valence-corrected chi connectivity index (χ0v) is 12.5. The summed E-state index contributed by atoms with van der Waals surface area (Å²) in [5, 5.41) is 18.5. The monoisotopic (exact) mass is 292 g/mol. The molecule has 0 amide bonds. The van der Waals surface area contributed by atoms with E-state index in [0.29, 0.717) is 19.6 Å². The highest BCUT2D eigenvalue weighted by Gasteiger charge is 2.29. The molecule has 1 aromatic rings. The number of aryl methyl sites for hydroxylation is 1. The van der Waals surface area contributed by atoms with Gasteiger partial charge in [-0.05, 0) is 17.5 Å². The molecule has 1 aromatic carbocycles. The second kappa shape index (κ2) is 7.54. The van der Waals surface area contributed by atoms with E-state index >= 15 is 0 Å². The number of aliphatic hydroxyl groups excluding tert-OH is 1. The van der Waals surface area contributed by atoms with Crippen molar-refractivity contribution >= 4 is 5.97 Å². The summed E-state index contributed by atoms with van der Waals surface area (Å²) >= 11 is 0. The summed E-state index contributed by atoms with van der Waals surface area (Å²) in [5.41, 5.74) is 2.06. The molecule has 1 saturated heterocycles. The minimum atomic E-state index is -0.796. The fraction of sp³-hybridized carbons (Fsp3) is 0.562. The molecular formula is C16H24N2O3. The molecule has 0 spiro atoms. The van der Waals surface area contributed by atoms with Crippen LogP contribution in [0.5, 0.6) is 0 Å². The summed E-state index contributed by atoms with van der Waals surface area (Å²) in [6, 6.07) is 7.29. The van der Waals surface area contributed by atoms with Crippen LogP contribution in [0.2, 0.25) is 0 Å². The van der Waals surface area contributed by atoms with Gasteiger partial charge in [0.05, 0.1) is 6.61 Å². The van der Waals surface area contributed by atoms with Gasteiger partial charge in [-0.3, -0.25) is 14.6 Å². The van der Waals surface area contributed by atoms with Crippen LogP contribution in [0, 0.1) is 0 Å². The van der Waals surface area contributed by atoms with Crippen molar-refractivity contribution in [2.75, 3.05) is 39.3 Å². The molecule has 2 N–H and O–H groups in total. The lowest BCUT2D eigenvalue weighted by atomic mass is 10.0. The van der Waals surface area contributed by atoms with Crippen LogP contribution in [0.4, 0.5) is 0 Å². The van der Waals surface area contributed by atoms with Crippen molar-refractivity contribution in [1.82, 2.24) is 9.80 Å². The van der Waals surface area contributed by atoms with Gasteiger partial charge >= 0.3 is 5.97 Å². The topological polar surface area (TPSA) is 64.0 Å². The number of hydrogen-bond acceptors (Lipinski definition) is 4. The van der Waals surface area contributed by atoms with Crippen molar-refractivity contribution in [3.05, 3.63) is 35.4 Å². The molecule has 0 radical (unpaired) electrons. The van der Waals surface area contributed by atoms with E-state index in [0.717, 1.165) is 25.1 Å². The maximum Gasteiger partial charge on any atom is 0.325 e. The Labute approximate surface area is 125 Å². The van der Waals surface area contributed by atoms with E-state index in [1.54, 1.807) is 0 Å². The number of nitrogens with zero attached hydrogens (tertiary/aromatic N) is 2. The summed E-state index contributed by atoms with van der Waals surface area (Å²) in [4.78, 5) is 15.8. The molecule has 1 heterocycles. The number of benzene rings is 1. The van der Waals surface area contributed by atoms with Gasteiger partial charge in [-0.25, -0.2) is 0 Å². The Morgan fingerprint density at radius 2 is 1.81 bits per heavy atom. The Morgan fingerprint density at radius 3 is 2.29 bits per heavy atom. The molecule has 116 valence electrons. The lowest BCUT2D eigenvalue weighted by molar-refractivity contribution is -0.144. The van der Waals surface area contributed by atoms with Crippen LogP contribution in [0.25, 0.3) is 0 Å². The summed E-state index contributed by atoms with van der Waals surface area (Å²) in [7, 11) is 0. The van der Waals surface area contributed by atoms with E-state index in [4.69, 9.17) is 5.11 Å². The number of rotatable bonds is 6. The Hall–Kier alpha value is -1.43. The number of β-amino-alcohol motifs (C(OH)–C–C–N with tert-alkyl or cyclic N) is 1. The van der Waals surface area contributed by atoms with Gasteiger partial charge in [0.1, 0.15) is 6.04 Å². The third-order valence-electron chi connectivity index (χ3n) is 4.13. The van der Waals surface area contributed by atoms with Crippen LogP contribution in [0.1, 0.15) is 24.1 Å². The maximum atomic E-state index is 11.7. The third-order valence-corrected chi connectivity index (χ3v) is 4.13. The van der Waals surface area contributed by atoms with Crippen LogP contribution in [0.15, 0.2) is 24.3 Å². The lowest BCUT2D eigenvalue weighted by Gasteiger charge is -2.37. The highest BCUT2D eigenvalue weighted by molar-refractivity contribution is 5.75. The number of carboxylic acids is 1. The van der Waals surface area contributed by atoms with Crippen molar-refractivity contribution < 1.29 is 15.0 Å². The van der Waals surface area contributed by atoms with E-state index in [2.05, 4.69) is 11.8 Å². The maximum absolute atomic E-state index is 11.7. The van der Waals surface area contributed by atoms with Gasteiger partial charge in [0.15, 0.2) is 0 Å². The Balaban J connectivity index is 2.07.